The Morgan fingerprint density at radius 1 is 1.14 bits per heavy atom. The predicted octanol–water partition coefficient (Wildman–Crippen LogP) is 1.10. The Hall–Kier alpha value is -2.53. The van der Waals surface area contributed by atoms with Gasteiger partial charge in [0.1, 0.15) is 0 Å². The van der Waals surface area contributed by atoms with E-state index >= 15 is 0 Å². The fourth-order valence-corrected chi connectivity index (χ4v) is 2.68. The topological polar surface area (TPSA) is 162 Å². The Balaban J connectivity index is 2.20. The van der Waals surface area contributed by atoms with Crippen molar-refractivity contribution in [2.24, 2.45) is 26.1 Å². The third-order valence-corrected chi connectivity index (χ3v) is 4.17. The minimum atomic E-state index is -3.90. The average molecular weight is 325 g/mol. The smallest absolute Gasteiger partial charge is 0.285 e. The largest absolute Gasteiger partial charge is 0.375 e. The van der Waals surface area contributed by atoms with Crippen molar-refractivity contribution >= 4 is 43.1 Å². The summed E-state index contributed by atoms with van der Waals surface area (Å²) >= 11 is 1.19. The van der Waals surface area contributed by atoms with Crippen LogP contribution in [0.3, 0.4) is 0 Å². The van der Waals surface area contributed by atoms with Gasteiger partial charge >= 0.3 is 0 Å². The van der Waals surface area contributed by atoms with Crippen LogP contribution in [0.5, 0.6) is 0 Å². The Bertz CT molecular complexity index is 789. The van der Waals surface area contributed by atoms with Crippen LogP contribution < -0.4 is 17.2 Å². The number of nitrogen functional groups attached to an aromatic ring is 1. The van der Waals surface area contributed by atoms with Gasteiger partial charge < -0.3 is 17.2 Å². The van der Waals surface area contributed by atoms with Crippen molar-refractivity contribution in [1.29, 1.82) is 0 Å². The van der Waals surface area contributed by atoms with Crippen LogP contribution in [0, 0.1) is 0 Å². The van der Waals surface area contributed by atoms with Gasteiger partial charge in [0.05, 0.1) is 16.8 Å². The van der Waals surface area contributed by atoms with Crippen LogP contribution >= 0.6 is 11.3 Å². The maximum Gasteiger partial charge on any atom is 0.285 e. The number of rotatable bonds is 4. The number of nitrogens with zero attached hydrogens (tertiary/aromatic N) is 4. The molecule has 0 unspecified atom stereocenters. The molecule has 0 aliphatic carbocycles. The van der Waals surface area contributed by atoms with Gasteiger partial charge in [0.25, 0.3) is 10.0 Å². The molecule has 0 amide bonds. The normalized spacial score (nSPS) is 11.6. The molecular weight excluding hydrogens is 314 g/mol. The molecule has 21 heavy (non-hydrogen) atoms. The van der Waals surface area contributed by atoms with Crippen LogP contribution in [0.1, 0.15) is 0 Å². The maximum atomic E-state index is 11.7. The first-order valence-electron chi connectivity index (χ1n) is 5.46. The zero-order chi connectivity index (χ0) is 15.5. The van der Waals surface area contributed by atoms with Gasteiger partial charge in [-0.2, -0.15) is 8.42 Å². The molecule has 110 valence electrons. The number of guanidine groups is 1. The van der Waals surface area contributed by atoms with Crippen molar-refractivity contribution in [3.63, 3.8) is 0 Å². The van der Waals surface area contributed by atoms with E-state index in [0.29, 0.717) is 15.8 Å². The molecule has 0 saturated heterocycles. The summed E-state index contributed by atoms with van der Waals surface area (Å²) < 4.78 is 26.6. The van der Waals surface area contributed by atoms with E-state index in [0.717, 1.165) is 0 Å². The van der Waals surface area contributed by atoms with Gasteiger partial charge in [-0.3, -0.25) is 0 Å². The number of thiazole rings is 1. The van der Waals surface area contributed by atoms with Crippen molar-refractivity contribution in [2.75, 3.05) is 5.73 Å². The molecule has 6 N–H and O–H groups in total. The Morgan fingerprint density at radius 3 is 2.33 bits per heavy atom. The lowest BCUT2D eigenvalue weighted by Gasteiger charge is -1.99. The third-order valence-electron chi connectivity index (χ3n) is 2.14. The summed E-state index contributed by atoms with van der Waals surface area (Å²) in [5.41, 5.74) is 16.0. The molecule has 1 aromatic heterocycles. The summed E-state index contributed by atoms with van der Waals surface area (Å²) in [5.74, 6) is -0.526. The number of azo groups is 1. The molecule has 0 spiro atoms. The second-order valence-electron chi connectivity index (χ2n) is 3.72. The van der Waals surface area contributed by atoms with Crippen LogP contribution in [-0.2, 0) is 10.0 Å². The first-order chi connectivity index (χ1) is 9.87. The summed E-state index contributed by atoms with van der Waals surface area (Å²) in [5, 5.41) is 8.79. The van der Waals surface area contributed by atoms with Crippen LogP contribution in [0.4, 0.5) is 15.8 Å². The summed E-state index contributed by atoms with van der Waals surface area (Å²) in [7, 11) is -3.90. The molecule has 0 aliphatic heterocycles. The summed E-state index contributed by atoms with van der Waals surface area (Å²) in [6.07, 6.45) is 1.49. The van der Waals surface area contributed by atoms with Crippen molar-refractivity contribution < 1.29 is 8.42 Å². The highest BCUT2D eigenvalue weighted by Gasteiger charge is 2.12. The van der Waals surface area contributed by atoms with E-state index in [-0.39, 0.29) is 4.90 Å². The summed E-state index contributed by atoms with van der Waals surface area (Å²) in [6, 6.07) is 5.61. The first-order valence-corrected chi connectivity index (χ1v) is 7.71. The first kappa shape index (κ1) is 14.9. The molecule has 0 bridgehead atoms. The Labute approximate surface area is 124 Å². The van der Waals surface area contributed by atoms with Crippen molar-refractivity contribution in [1.82, 2.24) is 4.98 Å². The van der Waals surface area contributed by atoms with Crippen molar-refractivity contribution in [3.8, 4) is 0 Å². The number of hydrogen-bond acceptors (Lipinski definition) is 7. The zero-order valence-corrected chi connectivity index (χ0v) is 12.2. The van der Waals surface area contributed by atoms with Crippen LogP contribution in [0.2, 0.25) is 0 Å². The fourth-order valence-electron chi connectivity index (χ4n) is 1.31. The van der Waals surface area contributed by atoms with Gasteiger partial charge in [-0.15, -0.1) is 14.6 Å². The van der Waals surface area contributed by atoms with Gasteiger partial charge in [0.15, 0.2) is 10.1 Å². The number of aromatic nitrogens is 1. The van der Waals surface area contributed by atoms with E-state index in [4.69, 9.17) is 17.2 Å². The molecule has 11 heteroatoms. The fraction of sp³-hybridized carbons (Fsp3) is 0. The summed E-state index contributed by atoms with van der Waals surface area (Å²) in [4.78, 5) is 3.78. The Morgan fingerprint density at radius 2 is 1.81 bits per heavy atom. The van der Waals surface area contributed by atoms with Gasteiger partial charge in [-0.25, -0.2) is 4.98 Å². The minimum absolute atomic E-state index is 0.0446. The van der Waals surface area contributed by atoms with Gasteiger partial charge in [-0.1, -0.05) is 11.3 Å². The second-order valence-corrected chi connectivity index (χ2v) is 6.37. The van der Waals surface area contributed by atoms with Crippen molar-refractivity contribution in [3.05, 3.63) is 30.5 Å². The molecule has 2 rings (SSSR count). The standard InChI is InChI=1S/C10H11N7O2S2/c11-9(12)17-21(18,19)7-3-1-6(2-4-7)15-16-8-5-14-10(13)20-8/h1-5H,(H2,13,14)(H4,11,12,17). The molecular formula is C10H11N7O2S2. The summed E-state index contributed by atoms with van der Waals surface area (Å²) in [6.45, 7) is 0. The molecule has 2 aromatic rings. The van der Waals surface area contributed by atoms with Gasteiger partial charge in [0, 0.05) is 0 Å². The molecule has 9 nitrogen and oxygen atoms in total. The number of sulfonamides is 1. The van der Waals surface area contributed by atoms with E-state index in [1.807, 2.05) is 0 Å². The third kappa shape index (κ3) is 3.97. The number of hydrogen-bond donors (Lipinski definition) is 3. The van der Waals surface area contributed by atoms with E-state index in [9.17, 15) is 8.42 Å². The lowest BCUT2D eigenvalue weighted by molar-refractivity contribution is 0.598. The molecule has 1 heterocycles. The second kappa shape index (κ2) is 5.85. The molecule has 0 fully saturated rings. The molecule has 0 radical (unpaired) electrons. The van der Waals surface area contributed by atoms with E-state index in [1.165, 1.54) is 41.8 Å². The average Bonchev–Trinajstić information content (AvgIpc) is 2.81. The zero-order valence-electron chi connectivity index (χ0n) is 10.5. The van der Waals surface area contributed by atoms with Crippen LogP contribution in [0.15, 0.2) is 50.0 Å². The van der Waals surface area contributed by atoms with E-state index < -0.39 is 16.0 Å². The Kier molecular flexibility index (Phi) is 4.14. The highest BCUT2D eigenvalue weighted by Crippen LogP contribution is 2.26. The SMILES string of the molecule is NC(N)=NS(=O)(=O)c1ccc(N=Nc2cnc(N)s2)cc1. The number of benzene rings is 1. The number of anilines is 1. The molecule has 0 saturated carbocycles. The van der Waals surface area contributed by atoms with Gasteiger partial charge in [-0.05, 0) is 24.3 Å². The van der Waals surface area contributed by atoms with Gasteiger partial charge in [0.2, 0.25) is 5.96 Å². The number of nitrogens with two attached hydrogens (primary N) is 3. The van der Waals surface area contributed by atoms with E-state index in [2.05, 4.69) is 19.6 Å². The lowest BCUT2D eigenvalue weighted by atomic mass is 10.3. The lowest BCUT2D eigenvalue weighted by Crippen LogP contribution is -2.24. The van der Waals surface area contributed by atoms with Crippen LogP contribution in [-0.4, -0.2) is 19.4 Å². The van der Waals surface area contributed by atoms with Crippen LogP contribution in [0.25, 0.3) is 0 Å². The molecule has 0 atom stereocenters. The molecule has 0 aliphatic rings. The highest BCUT2D eigenvalue weighted by molar-refractivity contribution is 7.90. The maximum absolute atomic E-state index is 11.7. The van der Waals surface area contributed by atoms with Crippen molar-refractivity contribution in [2.45, 2.75) is 4.90 Å². The van der Waals surface area contributed by atoms with E-state index in [1.54, 1.807) is 0 Å². The predicted molar refractivity (Wildman–Crippen MR) is 80.1 cm³/mol. The quantitative estimate of drug-likeness (QED) is 0.433. The molecule has 1 aromatic carbocycles. The minimum Gasteiger partial charge on any atom is -0.375 e. The monoisotopic (exact) mass is 325 g/mol. The highest BCUT2D eigenvalue weighted by atomic mass is 32.2.